The van der Waals surface area contributed by atoms with Crippen molar-refractivity contribution < 1.29 is 4.79 Å². The Labute approximate surface area is 122 Å². The molecule has 1 saturated heterocycles. The van der Waals surface area contributed by atoms with Crippen molar-refractivity contribution in [1.82, 2.24) is 5.32 Å². The molecule has 0 spiro atoms. The molecule has 0 bridgehead atoms. The fraction of sp³-hybridized carbons (Fsp3) is 0.500. The largest absolute Gasteiger partial charge is 0.358 e. The van der Waals surface area contributed by atoms with E-state index in [2.05, 4.69) is 32.2 Å². The Morgan fingerprint density at radius 1 is 1.58 bits per heavy atom. The van der Waals surface area contributed by atoms with Gasteiger partial charge in [0.25, 0.3) is 0 Å². The maximum absolute atomic E-state index is 11.9. The molecule has 0 saturated carbocycles. The van der Waals surface area contributed by atoms with Gasteiger partial charge >= 0.3 is 0 Å². The van der Waals surface area contributed by atoms with Gasteiger partial charge in [0.05, 0.1) is 0 Å². The van der Waals surface area contributed by atoms with Crippen LogP contribution in [0.2, 0.25) is 0 Å². The molecule has 1 heterocycles. The van der Waals surface area contributed by atoms with Crippen molar-refractivity contribution in [2.45, 2.75) is 32.4 Å². The normalized spacial score (nSPS) is 21.2. The second-order valence-electron chi connectivity index (χ2n) is 4.90. The molecule has 1 unspecified atom stereocenters. The number of carbonyl (C=O) groups excluding carboxylic acids is 1. The van der Waals surface area contributed by atoms with Gasteiger partial charge in [-0.2, -0.15) is 0 Å². The lowest BCUT2D eigenvalue weighted by Gasteiger charge is -2.36. The van der Waals surface area contributed by atoms with E-state index < -0.39 is 0 Å². The van der Waals surface area contributed by atoms with Gasteiger partial charge in [-0.3, -0.25) is 4.79 Å². The lowest BCUT2D eigenvalue weighted by Crippen LogP contribution is -2.55. The summed E-state index contributed by atoms with van der Waals surface area (Å²) in [6.07, 6.45) is 0.804. The fourth-order valence-corrected chi connectivity index (χ4v) is 3.22. The van der Waals surface area contributed by atoms with E-state index in [4.69, 9.17) is 5.73 Å². The van der Waals surface area contributed by atoms with Crippen molar-refractivity contribution in [2.75, 3.05) is 18.0 Å². The Balaban J connectivity index is 2.30. The number of halogens is 1. The van der Waals surface area contributed by atoms with E-state index in [1.165, 1.54) is 0 Å². The van der Waals surface area contributed by atoms with Crippen LogP contribution in [-0.2, 0) is 4.79 Å². The predicted octanol–water partition coefficient (Wildman–Crippen LogP) is 2.18. The van der Waals surface area contributed by atoms with Crippen molar-refractivity contribution in [3.05, 3.63) is 28.2 Å². The number of rotatable bonds is 3. The lowest BCUT2D eigenvalue weighted by molar-refractivity contribution is -0.123. The van der Waals surface area contributed by atoms with Gasteiger partial charge in [-0.1, -0.05) is 28.9 Å². The number of nitrogens with zero attached hydrogens (tertiary/aromatic N) is 1. The van der Waals surface area contributed by atoms with E-state index in [1.807, 2.05) is 26.0 Å². The Bertz CT molecular complexity index is 476. The molecule has 2 atom stereocenters. The van der Waals surface area contributed by atoms with Crippen LogP contribution in [0.5, 0.6) is 0 Å². The monoisotopic (exact) mass is 325 g/mol. The zero-order valence-electron chi connectivity index (χ0n) is 11.3. The number of hydrogen-bond donors (Lipinski definition) is 2. The van der Waals surface area contributed by atoms with Crippen LogP contribution < -0.4 is 16.0 Å². The smallest absolute Gasteiger partial charge is 0.242 e. The van der Waals surface area contributed by atoms with E-state index in [1.54, 1.807) is 0 Å². The molecule has 1 aliphatic heterocycles. The highest BCUT2D eigenvalue weighted by molar-refractivity contribution is 9.10. The molecule has 0 aromatic heterocycles. The van der Waals surface area contributed by atoms with E-state index in [-0.39, 0.29) is 18.0 Å². The van der Waals surface area contributed by atoms with Crippen LogP contribution in [0.15, 0.2) is 22.7 Å². The number of benzene rings is 1. The van der Waals surface area contributed by atoms with Crippen LogP contribution in [-0.4, -0.2) is 25.0 Å². The maximum Gasteiger partial charge on any atom is 0.242 e. The van der Waals surface area contributed by atoms with Crippen molar-refractivity contribution in [1.29, 1.82) is 0 Å². The predicted molar refractivity (Wildman–Crippen MR) is 81.2 cm³/mol. The molecule has 1 aromatic rings. The first-order valence-corrected chi connectivity index (χ1v) is 7.43. The van der Waals surface area contributed by atoms with Gasteiger partial charge in [0.2, 0.25) is 5.91 Å². The van der Waals surface area contributed by atoms with E-state index in [9.17, 15) is 4.79 Å². The van der Waals surface area contributed by atoms with Gasteiger partial charge in [-0.25, -0.2) is 0 Å². The van der Waals surface area contributed by atoms with Crippen LogP contribution in [0.4, 0.5) is 5.69 Å². The summed E-state index contributed by atoms with van der Waals surface area (Å²) in [6, 6.07) is 6.05. The molecule has 104 valence electrons. The molecule has 1 aliphatic rings. The Hall–Kier alpha value is -1.07. The average molecular weight is 326 g/mol. The van der Waals surface area contributed by atoms with Gasteiger partial charge in [0.1, 0.15) is 6.04 Å². The van der Waals surface area contributed by atoms with E-state index in [0.29, 0.717) is 6.54 Å². The Kier molecular flexibility index (Phi) is 4.47. The summed E-state index contributed by atoms with van der Waals surface area (Å²) >= 11 is 3.56. The highest BCUT2D eigenvalue weighted by Crippen LogP contribution is 2.29. The lowest BCUT2D eigenvalue weighted by atomic mass is 10.1. The number of anilines is 1. The van der Waals surface area contributed by atoms with Crippen LogP contribution in [0.25, 0.3) is 0 Å². The molecule has 0 radical (unpaired) electrons. The molecule has 1 amide bonds. The second kappa shape index (κ2) is 5.92. The minimum atomic E-state index is -0.0817. The summed E-state index contributed by atoms with van der Waals surface area (Å²) in [5, 5.41) is 2.91. The van der Waals surface area contributed by atoms with Gasteiger partial charge in [-0.15, -0.1) is 0 Å². The summed E-state index contributed by atoms with van der Waals surface area (Å²) in [4.78, 5) is 14.0. The first kappa shape index (κ1) is 14.3. The van der Waals surface area contributed by atoms with Crippen molar-refractivity contribution >= 4 is 27.5 Å². The molecule has 3 N–H and O–H groups in total. The van der Waals surface area contributed by atoms with Crippen LogP contribution in [0.3, 0.4) is 0 Å². The summed E-state index contributed by atoms with van der Waals surface area (Å²) in [7, 11) is 0. The third-order valence-corrected chi connectivity index (χ3v) is 4.21. The summed E-state index contributed by atoms with van der Waals surface area (Å²) in [5.74, 6) is 0.112. The van der Waals surface area contributed by atoms with Crippen LogP contribution in [0.1, 0.15) is 31.9 Å². The minimum absolute atomic E-state index is 0.00458. The molecule has 19 heavy (non-hydrogen) atoms. The van der Waals surface area contributed by atoms with E-state index in [0.717, 1.165) is 28.7 Å². The van der Waals surface area contributed by atoms with Crippen molar-refractivity contribution in [2.24, 2.45) is 5.73 Å². The molecule has 1 fully saturated rings. The minimum Gasteiger partial charge on any atom is -0.358 e. The molecule has 2 rings (SSSR count). The quantitative estimate of drug-likeness (QED) is 0.895. The first-order valence-electron chi connectivity index (χ1n) is 6.64. The standard InChI is InChI=1S/C14H20BrN3O/c1-3-13-14(19)17-6-7-18(13)10-4-5-11(9(2)16)12(15)8-10/h4-5,8-9,13H,3,6-7,16H2,1-2H3,(H,17,19)/t9-,13?/m0/s1. The van der Waals surface area contributed by atoms with Crippen molar-refractivity contribution in [3.8, 4) is 0 Å². The van der Waals surface area contributed by atoms with Gasteiger partial charge in [0, 0.05) is 29.3 Å². The molecule has 4 nitrogen and oxygen atoms in total. The van der Waals surface area contributed by atoms with E-state index >= 15 is 0 Å². The van der Waals surface area contributed by atoms with Gasteiger partial charge < -0.3 is 16.0 Å². The Morgan fingerprint density at radius 2 is 2.32 bits per heavy atom. The highest BCUT2D eigenvalue weighted by Gasteiger charge is 2.28. The first-order chi connectivity index (χ1) is 9.04. The third-order valence-electron chi connectivity index (χ3n) is 3.52. The maximum atomic E-state index is 11.9. The summed E-state index contributed by atoms with van der Waals surface area (Å²) < 4.78 is 1.00. The topological polar surface area (TPSA) is 58.4 Å². The molecular formula is C14H20BrN3O. The number of amides is 1. The van der Waals surface area contributed by atoms with Crippen LogP contribution in [0, 0.1) is 0 Å². The summed E-state index contributed by atoms with van der Waals surface area (Å²) in [5.41, 5.74) is 8.06. The van der Waals surface area contributed by atoms with Crippen molar-refractivity contribution in [3.63, 3.8) is 0 Å². The molecule has 0 aliphatic carbocycles. The molecule has 5 heteroatoms. The third kappa shape index (κ3) is 2.92. The summed E-state index contributed by atoms with van der Waals surface area (Å²) in [6.45, 7) is 5.53. The number of piperazine rings is 1. The Morgan fingerprint density at radius 3 is 2.89 bits per heavy atom. The number of nitrogens with two attached hydrogens (primary N) is 1. The zero-order chi connectivity index (χ0) is 14.0. The zero-order valence-corrected chi connectivity index (χ0v) is 12.9. The molecule has 1 aromatic carbocycles. The SMILES string of the molecule is CCC1C(=O)NCCN1c1ccc([C@H](C)N)c(Br)c1. The van der Waals surface area contributed by atoms with Gasteiger partial charge in [0.15, 0.2) is 0 Å². The molecular weight excluding hydrogens is 306 g/mol. The highest BCUT2D eigenvalue weighted by atomic mass is 79.9. The number of nitrogens with one attached hydrogen (secondary N) is 1. The fourth-order valence-electron chi connectivity index (χ4n) is 2.49. The number of hydrogen-bond acceptors (Lipinski definition) is 3. The van der Waals surface area contributed by atoms with Gasteiger partial charge in [-0.05, 0) is 31.0 Å². The average Bonchev–Trinajstić information content (AvgIpc) is 2.37. The number of carbonyl (C=O) groups is 1. The van der Waals surface area contributed by atoms with Crippen LogP contribution >= 0.6 is 15.9 Å². The second-order valence-corrected chi connectivity index (χ2v) is 5.76.